The average molecular weight is 505 g/mol. The van der Waals surface area contributed by atoms with Gasteiger partial charge in [0, 0.05) is 31.4 Å². The van der Waals surface area contributed by atoms with E-state index in [1.807, 2.05) is 59.5 Å². The second-order valence-electron chi connectivity index (χ2n) is 9.78. The van der Waals surface area contributed by atoms with Crippen LogP contribution in [0.4, 0.5) is 10.5 Å². The molecule has 0 unspecified atom stereocenters. The maximum absolute atomic E-state index is 13.3. The normalized spacial score (nSPS) is 18.7. The first-order valence-electron chi connectivity index (χ1n) is 12.3. The lowest BCUT2D eigenvalue weighted by atomic mass is 9.83. The number of hydrogen-bond donors (Lipinski definition) is 2. The summed E-state index contributed by atoms with van der Waals surface area (Å²) in [5, 5.41) is 3.34. The van der Waals surface area contributed by atoms with Gasteiger partial charge in [0.1, 0.15) is 5.54 Å². The van der Waals surface area contributed by atoms with Crippen molar-refractivity contribution in [2.45, 2.75) is 31.0 Å². The number of anilines is 1. The van der Waals surface area contributed by atoms with Crippen LogP contribution in [0.2, 0.25) is 0 Å². The first-order chi connectivity index (χ1) is 17.3. The van der Waals surface area contributed by atoms with Gasteiger partial charge in [-0.3, -0.25) is 9.62 Å². The van der Waals surface area contributed by atoms with Crippen LogP contribution < -0.4 is 10.0 Å². The van der Waals surface area contributed by atoms with Crippen LogP contribution in [0, 0.1) is 0 Å². The van der Waals surface area contributed by atoms with Crippen molar-refractivity contribution in [1.29, 1.82) is 0 Å². The minimum absolute atomic E-state index is 0.0132. The minimum Gasteiger partial charge on any atom is -0.323 e. The lowest BCUT2D eigenvalue weighted by Crippen LogP contribution is -2.46. The quantitative estimate of drug-likeness (QED) is 0.510. The number of sulfonamides is 1. The van der Waals surface area contributed by atoms with E-state index in [1.54, 1.807) is 6.07 Å². The molecular formula is C28H32N4O3S. The fraction of sp³-hybridized carbons (Fsp3) is 0.321. The van der Waals surface area contributed by atoms with Gasteiger partial charge >= 0.3 is 6.03 Å². The molecule has 5 rings (SSSR count). The second-order valence-corrected chi connectivity index (χ2v) is 11.5. The van der Waals surface area contributed by atoms with Crippen LogP contribution in [-0.2, 0) is 22.1 Å². The Kier molecular flexibility index (Phi) is 6.73. The molecule has 2 aliphatic heterocycles. The number of piperidine rings is 1. The van der Waals surface area contributed by atoms with Gasteiger partial charge in [-0.15, -0.1) is 0 Å². The second kappa shape index (κ2) is 9.95. The van der Waals surface area contributed by atoms with Crippen molar-refractivity contribution in [2.24, 2.45) is 0 Å². The third-order valence-corrected chi connectivity index (χ3v) is 7.76. The van der Waals surface area contributed by atoms with Crippen molar-refractivity contribution in [3.8, 4) is 0 Å². The third kappa shape index (κ3) is 5.24. The standard InChI is InChI=1S/C28H32N4O3S/c1-36(34,35)30-25-14-8-9-22(19-25)20-31-17-15-26(16-18-31)32-21-28(29-27(32)33,23-10-4-2-5-11-23)24-12-6-3-7-13-24/h2-14,19,26,30H,15-18,20-21H2,1H3,(H,29,33). The van der Waals surface area contributed by atoms with Crippen LogP contribution >= 0.6 is 0 Å². The Morgan fingerprint density at radius 3 is 2.11 bits per heavy atom. The highest BCUT2D eigenvalue weighted by atomic mass is 32.2. The summed E-state index contributed by atoms with van der Waals surface area (Å²) < 4.78 is 25.7. The van der Waals surface area contributed by atoms with E-state index in [-0.39, 0.29) is 12.1 Å². The van der Waals surface area contributed by atoms with E-state index in [4.69, 9.17) is 0 Å². The number of nitrogens with one attached hydrogen (secondary N) is 2. The molecule has 0 atom stereocenters. The molecule has 8 heteroatoms. The zero-order chi connectivity index (χ0) is 25.2. The summed E-state index contributed by atoms with van der Waals surface area (Å²) in [6, 6.07) is 28.1. The Balaban J connectivity index is 1.27. The van der Waals surface area contributed by atoms with E-state index in [0.29, 0.717) is 12.2 Å². The van der Waals surface area contributed by atoms with Gasteiger partial charge in [0.15, 0.2) is 0 Å². The monoisotopic (exact) mass is 504 g/mol. The summed E-state index contributed by atoms with van der Waals surface area (Å²) in [7, 11) is -3.31. The fourth-order valence-corrected chi connectivity index (χ4v) is 6.00. The van der Waals surface area contributed by atoms with Crippen molar-refractivity contribution in [1.82, 2.24) is 15.1 Å². The lowest BCUT2D eigenvalue weighted by molar-refractivity contribution is 0.129. The van der Waals surface area contributed by atoms with Gasteiger partial charge in [-0.05, 0) is 41.7 Å². The van der Waals surface area contributed by atoms with Crippen LogP contribution in [0.5, 0.6) is 0 Å². The molecule has 2 aliphatic rings. The van der Waals surface area contributed by atoms with E-state index in [2.05, 4.69) is 39.2 Å². The molecule has 7 nitrogen and oxygen atoms in total. The molecule has 0 radical (unpaired) electrons. The molecule has 188 valence electrons. The van der Waals surface area contributed by atoms with Gasteiger partial charge in [-0.1, -0.05) is 72.8 Å². The van der Waals surface area contributed by atoms with Crippen LogP contribution in [0.1, 0.15) is 29.5 Å². The minimum atomic E-state index is -3.31. The van der Waals surface area contributed by atoms with Gasteiger partial charge in [-0.2, -0.15) is 0 Å². The molecule has 3 aromatic carbocycles. The highest BCUT2D eigenvalue weighted by molar-refractivity contribution is 7.92. The maximum atomic E-state index is 13.3. The summed E-state index contributed by atoms with van der Waals surface area (Å²) >= 11 is 0. The number of nitrogens with zero attached hydrogens (tertiary/aromatic N) is 2. The van der Waals surface area contributed by atoms with Gasteiger partial charge in [0.25, 0.3) is 0 Å². The maximum Gasteiger partial charge on any atom is 0.318 e. The van der Waals surface area contributed by atoms with Crippen molar-refractivity contribution in [2.75, 3.05) is 30.6 Å². The highest BCUT2D eigenvalue weighted by Gasteiger charge is 2.47. The van der Waals surface area contributed by atoms with Crippen molar-refractivity contribution in [3.63, 3.8) is 0 Å². The Hall–Kier alpha value is -3.36. The number of rotatable bonds is 7. The molecule has 2 heterocycles. The molecule has 36 heavy (non-hydrogen) atoms. The zero-order valence-corrected chi connectivity index (χ0v) is 21.2. The van der Waals surface area contributed by atoms with Crippen molar-refractivity contribution >= 4 is 21.7 Å². The molecule has 2 saturated heterocycles. The number of hydrogen-bond acceptors (Lipinski definition) is 4. The summed E-state index contributed by atoms with van der Waals surface area (Å²) in [6.45, 7) is 3.10. The largest absolute Gasteiger partial charge is 0.323 e. The van der Waals surface area contributed by atoms with Gasteiger partial charge in [-0.25, -0.2) is 13.2 Å². The molecule has 3 aromatic rings. The van der Waals surface area contributed by atoms with Crippen LogP contribution in [0.3, 0.4) is 0 Å². The number of urea groups is 1. The number of amides is 2. The van der Waals surface area contributed by atoms with Crippen molar-refractivity contribution in [3.05, 3.63) is 102 Å². The van der Waals surface area contributed by atoms with E-state index in [1.165, 1.54) is 0 Å². The van der Waals surface area contributed by atoms with E-state index in [9.17, 15) is 13.2 Å². The average Bonchev–Trinajstić information content (AvgIpc) is 3.23. The molecule has 0 spiro atoms. The molecule has 2 N–H and O–H groups in total. The third-order valence-electron chi connectivity index (χ3n) is 7.16. The number of likely N-dealkylation sites (tertiary alicyclic amines) is 1. The van der Waals surface area contributed by atoms with E-state index >= 15 is 0 Å². The summed E-state index contributed by atoms with van der Waals surface area (Å²) in [6.07, 6.45) is 2.95. The first kappa shape index (κ1) is 24.3. The molecule has 0 aromatic heterocycles. The van der Waals surface area contributed by atoms with Crippen LogP contribution in [0.15, 0.2) is 84.9 Å². The fourth-order valence-electron chi connectivity index (χ4n) is 5.45. The van der Waals surface area contributed by atoms with E-state index in [0.717, 1.165) is 55.4 Å². The highest BCUT2D eigenvalue weighted by Crippen LogP contribution is 2.36. The van der Waals surface area contributed by atoms with Crippen LogP contribution in [0.25, 0.3) is 0 Å². The predicted molar refractivity (Wildman–Crippen MR) is 142 cm³/mol. The van der Waals surface area contributed by atoms with E-state index < -0.39 is 15.6 Å². The number of carbonyl (C=O) groups excluding carboxylic acids is 1. The smallest absolute Gasteiger partial charge is 0.318 e. The SMILES string of the molecule is CS(=O)(=O)Nc1cccc(CN2CCC(N3CC(c4ccccc4)(c4ccccc4)NC3=O)CC2)c1. The molecule has 2 amide bonds. The topological polar surface area (TPSA) is 81.8 Å². The Bertz CT molecular complexity index is 1270. The van der Waals surface area contributed by atoms with Crippen LogP contribution in [-0.4, -0.2) is 56.2 Å². The number of benzene rings is 3. The molecule has 0 saturated carbocycles. The summed E-state index contributed by atoms with van der Waals surface area (Å²) in [5.74, 6) is 0. The number of carbonyl (C=O) groups is 1. The van der Waals surface area contributed by atoms with Gasteiger partial charge < -0.3 is 10.2 Å². The molecular weight excluding hydrogens is 472 g/mol. The summed E-state index contributed by atoms with van der Waals surface area (Å²) in [4.78, 5) is 17.7. The Morgan fingerprint density at radius 1 is 0.917 bits per heavy atom. The Morgan fingerprint density at radius 2 is 1.53 bits per heavy atom. The van der Waals surface area contributed by atoms with Gasteiger partial charge in [0.05, 0.1) is 12.8 Å². The molecule has 2 fully saturated rings. The predicted octanol–water partition coefficient (Wildman–Crippen LogP) is 3.99. The molecule has 0 aliphatic carbocycles. The zero-order valence-electron chi connectivity index (χ0n) is 20.4. The molecule has 0 bridgehead atoms. The Labute approximate surface area is 213 Å². The van der Waals surface area contributed by atoms with Gasteiger partial charge in [0.2, 0.25) is 10.0 Å². The summed E-state index contributed by atoms with van der Waals surface area (Å²) in [5.41, 5.74) is 3.26. The van der Waals surface area contributed by atoms with Crippen molar-refractivity contribution < 1.29 is 13.2 Å². The lowest BCUT2D eigenvalue weighted by Gasteiger charge is -2.37. The first-order valence-corrected chi connectivity index (χ1v) is 14.2.